The number of Topliss-reactive ketones (excluding diaryl/α,β-unsaturated/α-hetero) is 1. The first kappa shape index (κ1) is 34.5. The Kier molecular flexibility index (Phi) is 17.4. The lowest BCUT2D eigenvalue weighted by Crippen LogP contribution is -2.25. The van der Waals surface area contributed by atoms with Crippen molar-refractivity contribution in [1.82, 2.24) is 4.90 Å². The Morgan fingerprint density at radius 2 is 1.62 bits per heavy atom. The third-order valence-corrected chi connectivity index (χ3v) is 6.57. The highest BCUT2D eigenvalue weighted by atomic mass is 31.1. The lowest BCUT2D eigenvalue weighted by atomic mass is 9.92. The van der Waals surface area contributed by atoms with Gasteiger partial charge in [-0.1, -0.05) is 85.7 Å². The molecule has 204 valence electrons. The van der Waals surface area contributed by atoms with Crippen LogP contribution in [0.1, 0.15) is 77.6 Å². The molecule has 0 bridgehead atoms. The Morgan fingerprint density at radius 1 is 1.05 bits per heavy atom. The van der Waals surface area contributed by atoms with Crippen molar-refractivity contribution in [1.29, 1.82) is 0 Å². The number of ketones is 1. The number of carbonyl (C=O) groups is 2. The van der Waals surface area contributed by atoms with Gasteiger partial charge in [-0.25, -0.2) is 0 Å². The number of carbonyl (C=O) groups excluding carboxylic acids is 2. The molecule has 0 heterocycles. The fourth-order valence-corrected chi connectivity index (χ4v) is 4.65. The van der Waals surface area contributed by atoms with Gasteiger partial charge in [0.1, 0.15) is 12.0 Å². The summed E-state index contributed by atoms with van der Waals surface area (Å²) in [5.74, 6) is 0.726. The molecule has 2 aromatic rings. The molecule has 0 saturated carbocycles. The third kappa shape index (κ3) is 13.0. The Morgan fingerprint density at radius 3 is 2.11 bits per heavy atom. The largest absolute Gasteiger partial charge is 0.507 e. The molecule has 0 saturated heterocycles. The molecule has 0 amide bonds. The first-order chi connectivity index (χ1) is 17.4. The van der Waals surface area contributed by atoms with Crippen LogP contribution >= 0.6 is 8.58 Å². The zero-order valence-electron chi connectivity index (χ0n) is 24.4. The normalized spacial score (nSPS) is 11.4. The maximum Gasteiger partial charge on any atom is 0.164 e. The minimum absolute atomic E-state index is 0.0415. The van der Waals surface area contributed by atoms with Crippen LogP contribution in [0.3, 0.4) is 0 Å². The van der Waals surface area contributed by atoms with Gasteiger partial charge in [0, 0.05) is 12.1 Å². The van der Waals surface area contributed by atoms with Gasteiger partial charge in [-0.3, -0.25) is 4.79 Å². The monoisotopic (exact) mass is 525 g/mol. The van der Waals surface area contributed by atoms with Crippen molar-refractivity contribution in [3.63, 3.8) is 0 Å². The summed E-state index contributed by atoms with van der Waals surface area (Å²) < 4.78 is 0. The maximum absolute atomic E-state index is 12.5. The van der Waals surface area contributed by atoms with Gasteiger partial charge in [0.05, 0.1) is 5.57 Å². The smallest absolute Gasteiger partial charge is 0.164 e. The average Bonchev–Trinajstić information content (AvgIpc) is 2.83. The van der Waals surface area contributed by atoms with Crippen LogP contribution in [0.5, 0.6) is 0 Å². The summed E-state index contributed by atoms with van der Waals surface area (Å²) >= 11 is 0. The van der Waals surface area contributed by atoms with Gasteiger partial charge >= 0.3 is 0 Å². The molecule has 0 radical (unpaired) electrons. The lowest BCUT2D eigenvalue weighted by molar-refractivity contribution is -0.111. The molecule has 1 N–H and O–H groups in total. The third-order valence-electron chi connectivity index (χ3n) is 5.38. The fraction of sp³-hybridized carbons (Fsp3) is 0.438. The van der Waals surface area contributed by atoms with Crippen LogP contribution in [0.2, 0.25) is 0 Å². The number of allylic oxidation sites excluding steroid dienone is 2. The Hall–Kier alpha value is -2.55. The summed E-state index contributed by atoms with van der Waals surface area (Å²) in [6.45, 7) is 24.9. The predicted octanol–water partition coefficient (Wildman–Crippen LogP) is 7.56. The van der Waals surface area contributed by atoms with E-state index in [0.29, 0.717) is 19.7 Å². The number of hydrogen-bond donors (Lipinski definition) is 1. The van der Waals surface area contributed by atoms with Crippen molar-refractivity contribution >= 4 is 42.9 Å². The van der Waals surface area contributed by atoms with Crippen LogP contribution in [-0.4, -0.2) is 47.9 Å². The number of benzene rings is 2. The summed E-state index contributed by atoms with van der Waals surface area (Å²) in [7, 11) is 0.667. The zero-order valence-corrected chi connectivity index (χ0v) is 25.4. The molecule has 37 heavy (non-hydrogen) atoms. The number of aliphatic hydroxyl groups is 1. The first-order valence-corrected chi connectivity index (χ1v) is 14.3. The van der Waals surface area contributed by atoms with E-state index in [1.807, 2.05) is 50.2 Å². The molecular formula is C32H48NO3P. The highest BCUT2D eigenvalue weighted by Gasteiger charge is 2.18. The van der Waals surface area contributed by atoms with Crippen molar-refractivity contribution in [2.75, 3.05) is 25.8 Å². The van der Waals surface area contributed by atoms with E-state index < -0.39 is 0 Å². The number of aryl methyl sites for hydroxylation is 1. The molecular weight excluding hydrogens is 477 g/mol. The Balaban J connectivity index is 0.00000165. The Bertz CT molecular complexity index is 1030. The van der Waals surface area contributed by atoms with Gasteiger partial charge in [-0.05, 0) is 87.0 Å². The molecule has 5 heteroatoms. The standard InChI is InChI=1S/C26H34NO2P.C4H10.C2H4O/c1-7-27(8-2)14-15-30-23-11-9-10-22(16-23)26(29)25(20(6)28)24-17-21(18(3)4)13-12-19(24)5;1-4(2)3;1-2-3/h9-13,16-17,29-30H,3,7-8,14-15H2,1-2,4-6H3;4H,1-3H3;2H,1H3/b26-25+;;. The van der Waals surface area contributed by atoms with Crippen molar-refractivity contribution in [2.24, 2.45) is 5.92 Å². The molecule has 0 aliphatic rings. The minimum Gasteiger partial charge on any atom is -0.507 e. The van der Waals surface area contributed by atoms with Gasteiger partial charge in [0.15, 0.2) is 5.78 Å². The first-order valence-electron chi connectivity index (χ1n) is 13.1. The fourth-order valence-electron chi connectivity index (χ4n) is 3.46. The second-order valence-electron chi connectivity index (χ2n) is 9.59. The summed E-state index contributed by atoms with van der Waals surface area (Å²) in [5, 5.41) is 12.3. The molecule has 2 rings (SSSR count). The highest BCUT2D eigenvalue weighted by molar-refractivity contribution is 7.47. The van der Waals surface area contributed by atoms with E-state index in [4.69, 9.17) is 4.79 Å². The van der Waals surface area contributed by atoms with Crippen LogP contribution in [0, 0.1) is 12.8 Å². The number of aliphatic hydroxyl groups excluding tert-OH is 1. The second-order valence-corrected chi connectivity index (χ2v) is 11.0. The van der Waals surface area contributed by atoms with Crippen molar-refractivity contribution in [3.05, 3.63) is 71.3 Å². The van der Waals surface area contributed by atoms with E-state index in [1.54, 1.807) is 0 Å². The highest BCUT2D eigenvalue weighted by Crippen LogP contribution is 2.30. The molecule has 1 atom stereocenters. The van der Waals surface area contributed by atoms with Crippen LogP contribution < -0.4 is 5.30 Å². The van der Waals surface area contributed by atoms with Crippen LogP contribution in [0.25, 0.3) is 16.9 Å². The van der Waals surface area contributed by atoms with Gasteiger partial charge in [-0.2, -0.15) is 0 Å². The molecule has 0 spiro atoms. The van der Waals surface area contributed by atoms with Gasteiger partial charge < -0.3 is 14.8 Å². The average molecular weight is 526 g/mol. The van der Waals surface area contributed by atoms with E-state index in [-0.39, 0.29) is 11.5 Å². The number of nitrogens with zero attached hydrogens (tertiary/aromatic N) is 1. The number of hydrogen-bond acceptors (Lipinski definition) is 4. The second kappa shape index (κ2) is 18.7. The van der Waals surface area contributed by atoms with Crippen LogP contribution in [-0.2, 0) is 9.59 Å². The van der Waals surface area contributed by atoms with Crippen LogP contribution in [0.4, 0.5) is 0 Å². The number of aldehydes is 1. The maximum atomic E-state index is 12.5. The molecule has 0 aliphatic carbocycles. The van der Waals surface area contributed by atoms with E-state index >= 15 is 0 Å². The van der Waals surface area contributed by atoms with Gasteiger partial charge in [0.25, 0.3) is 0 Å². The summed E-state index contributed by atoms with van der Waals surface area (Å²) in [5.41, 5.74) is 4.65. The quantitative estimate of drug-likeness (QED) is 0.114. The van der Waals surface area contributed by atoms with Crippen LogP contribution in [0.15, 0.2) is 49.0 Å². The van der Waals surface area contributed by atoms with Gasteiger partial charge in [0.2, 0.25) is 0 Å². The molecule has 0 aliphatic heterocycles. The van der Waals surface area contributed by atoms with E-state index in [1.165, 1.54) is 19.2 Å². The summed E-state index contributed by atoms with van der Waals surface area (Å²) in [6.07, 6.45) is 1.84. The molecule has 0 aromatic heterocycles. The van der Waals surface area contributed by atoms with Crippen molar-refractivity contribution in [3.8, 4) is 0 Å². The van der Waals surface area contributed by atoms with E-state index in [9.17, 15) is 9.90 Å². The zero-order chi connectivity index (χ0) is 28.5. The van der Waals surface area contributed by atoms with Crippen molar-refractivity contribution in [2.45, 2.75) is 62.3 Å². The summed E-state index contributed by atoms with van der Waals surface area (Å²) in [6, 6.07) is 13.8. The molecule has 4 nitrogen and oxygen atoms in total. The molecule has 2 aromatic carbocycles. The minimum atomic E-state index is -0.149. The topological polar surface area (TPSA) is 57.6 Å². The SMILES string of the molecule is C=C(C)c1ccc(C)c(/C(C(C)=O)=C(/O)c2cccc(PCCN(CC)CC)c2)c1.CC(C)C.CC=O. The van der Waals surface area contributed by atoms with E-state index in [2.05, 4.69) is 52.2 Å². The molecule has 1 unspecified atom stereocenters. The van der Waals surface area contributed by atoms with Gasteiger partial charge in [-0.15, -0.1) is 0 Å². The van der Waals surface area contributed by atoms with Crippen molar-refractivity contribution < 1.29 is 14.7 Å². The molecule has 0 fully saturated rings. The Labute approximate surface area is 227 Å². The predicted molar refractivity (Wildman–Crippen MR) is 165 cm³/mol. The number of rotatable bonds is 10. The van der Waals surface area contributed by atoms with E-state index in [0.717, 1.165) is 60.3 Å². The summed E-state index contributed by atoms with van der Waals surface area (Å²) in [4.78, 5) is 23.8. The lowest BCUT2D eigenvalue weighted by Gasteiger charge is -2.17.